The summed E-state index contributed by atoms with van der Waals surface area (Å²) in [5, 5.41) is 0.717. The van der Waals surface area contributed by atoms with Crippen LogP contribution in [0.1, 0.15) is 18.2 Å². The molecule has 0 amide bonds. The summed E-state index contributed by atoms with van der Waals surface area (Å²) in [6.07, 6.45) is 4.56. The molecule has 1 unspecified atom stereocenters. The summed E-state index contributed by atoms with van der Waals surface area (Å²) in [6, 6.07) is 7.77. The van der Waals surface area contributed by atoms with E-state index in [4.69, 9.17) is 11.6 Å². The predicted molar refractivity (Wildman–Crippen MR) is 76.3 cm³/mol. The van der Waals surface area contributed by atoms with Gasteiger partial charge in [0.1, 0.15) is 0 Å². The van der Waals surface area contributed by atoms with E-state index in [9.17, 15) is 4.79 Å². The molecule has 0 radical (unpaired) electrons. The quantitative estimate of drug-likeness (QED) is 0.721. The molecule has 0 N–H and O–H groups in total. The minimum Gasteiger partial charge on any atom is -0.341 e. The van der Waals surface area contributed by atoms with Crippen molar-refractivity contribution in [2.45, 2.75) is 25.3 Å². The molecule has 3 heteroatoms. The van der Waals surface area contributed by atoms with Crippen LogP contribution in [0.25, 0.3) is 17.0 Å². The lowest BCUT2D eigenvalue weighted by Crippen LogP contribution is -2.23. The molecule has 1 aromatic carbocycles. The van der Waals surface area contributed by atoms with E-state index in [0.717, 1.165) is 28.7 Å². The first kappa shape index (κ1) is 11.5. The van der Waals surface area contributed by atoms with Gasteiger partial charge < -0.3 is 4.57 Å². The molecule has 2 nitrogen and oxygen atoms in total. The zero-order chi connectivity index (χ0) is 12.7. The second kappa shape index (κ2) is 4.29. The first-order valence-electron chi connectivity index (χ1n) is 6.19. The van der Waals surface area contributed by atoms with Crippen molar-refractivity contribution in [2.75, 3.05) is 0 Å². The highest BCUT2D eigenvalue weighted by Gasteiger charge is 2.19. The number of halogens is 1. The van der Waals surface area contributed by atoms with Crippen molar-refractivity contribution in [2.24, 2.45) is 0 Å². The molecule has 18 heavy (non-hydrogen) atoms. The number of hydrogen-bond donors (Lipinski definition) is 0. The first-order valence-corrected chi connectivity index (χ1v) is 6.62. The van der Waals surface area contributed by atoms with Gasteiger partial charge in [-0.15, -0.1) is 11.6 Å². The topological polar surface area (TPSA) is 22.0 Å². The van der Waals surface area contributed by atoms with E-state index in [2.05, 4.69) is 11.5 Å². The summed E-state index contributed by atoms with van der Waals surface area (Å²) in [5.41, 5.74) is 2.98. The van der Waals surface area contributed by atoms with Crippen LogP contribution in [0.15, 0.2) is 35.1 Å². The van der Waals surface area contributed by atoms with Crippen molar-refractivity contribution in [1.82, 2.24) is 4.57 Å². The van der Waals surface area contributed by atoms with Gasteiger partial charge in [0.2, 0.25) is 0 Å². The Kier molecular flexibility index (Phi) is 2.75. The molecule has 1 aliphatic rings. The molecule has 0 saturated heterocycles. The average molecular weight is 260 g/mol. The number of alkyl halides is 1. The van der Waals surface area contributed by atoms with E-state index < -0.39 is 0 Å². The molecule has 3 rings (SSSR count). The lowest BCUT2D eigenvalue weighted by atomic mass is 9.98. The van der Waals surface area contributed by atoms with Crippen LogP contribution < -0.4 is 5.43 Å². The van der Waals surface area contributed by atoms with Gasteiger partial charge in [0.05, 0.1) is 10.9 Å². The maximum atomic E-state index is 12.5. The van der Waals surface area contributed by atoms with Gasteiger partial charge >= 0.3 is 0 Å². The molecular weight excluding hydrogens is 246 g/mol. The zero-order valence-corrected chi connectivity index (χ0v) is 10.9. The lowest BCUT2D eigenvalue weighted by molar-refractivity contribution is 0.760. The largest absolute Gasteiger partial charge is 0.341 e. The van der Waals surface area contributed by atoms with E-state index in [0.29, 0.717) is 6.42 Å². The molecule has 1 aliphatic carbocycles. The van der Waals surface area contributed by atoms with Crippen LogP contribution in [0.2, 0.25) is 0 Å². The Balaban J connectivity index is 2.47. The highest BCUT2D eigenvalue weighted by atomic mass is 35.5. The van der Waals surface area contributed by atoms with Crippen LogP contribution >= 0.6 is 11.6 Å². The van der Waals surface area contributed by atoms with Crippen LogP contribution in [0.4, 0.5) is 0 Å². The second-order valence-electron chi connectivity index (χ2n) is 4.53. The number of aryl methyl sites for hydroxylation is 1. The summed E-state index contributed by atoms with van der Waals surface area (Å²) < 4.78 is 2.19. The second-order valence-corrected chi connectivity index (χ2v) is 5.09. The van der Waals surface area contributed by atoms with Crippen LogP contribution in [-0.2, 0) is 13.0 Å². The van der Waals surface area contributed by atoms with Crippen LogP contribution in [0.5, 0.6) is 0 Å². The number of rotatable bonds is 1. The third-order valence-corrected chi connectivity index (χ3v) is 3.79. The fraction of sp³-hybridized carbons (Fsp3) is 0.267. The molecular formula is C15H14ClNO. The summed E-state index contributed by atoms with van der Waals surface area (Å²) in [5.74, 6) is 0. The Labute approximate surface area is 111 Å². The van der Waals surface area contributed by atoms with Crippen molar-refractivity contribution in [3.05, 3.63) is 51.8 Å². The van der Waals surface area contributed by atoms with Crippen molar-refractivity contribution < 1.29 is 0 Å². The number of aromatic nitrogens is 1. The number of nitrogens with zero attached hydrogens (tertiary/aromatic N) is 1. The van der Waals surface area contributed by atoms with Crippen molar-refractivity contribution in [3.63, 3.8) is 0 Å². The van der Waals surface area contributed by atoms with Crippen molar-refractivity contribution in [1.29, 1.82) is 0 Å². The highest BCUT2D eigenvalue weighted by Crippen LogP contribution is 2.24. The van der Waals surface area contributed by atoms with Gasteiger partial charge in [-0.05, 0) is 31.6 Å². The molecule has 0 fully saturated rings. The molecule has 0 aliphatic heterocycles. The number of pyridine rings is 1. The van der Waals surface area contributed by atoms with E-state index in [1.807, 2.05) is 36.4 Å². The van der Waals surface area contributed by atoms with Gasteiger partial charge in [-0.1, -0.05) is 18.2 Å². The van der Waals surface area contributed by atoms with Gasteiger partial charge in [0.15, 0.2) is 5.43 Å². The Morgan fingerprint density at radius 1 is 1.39 bits per heavy atom. The standard InChI is InChI=1S/C15H14ClNO/c1-2-17-13-6-4-3-5-11(13)15(18)12-9-10(16)7-8-14(12)17/h3-8,10H,2,9H2,1H3. The molecule has 0 bridgehead atoms. The highest BCUT2D eigenvalue weighted by molar-refractivity contribution is 6.22. The predicted octanol–water partition coefficient (Wildman–Crippen LogP) is 3.20. The maximum Gasteiger partial charge on any atom is 0.193 e. The number of para-hydroxylation sites is 1. The Hall–Kier alpha value is -1.54. The number of benzene rings is 1. The summed E-state index contributed by atoms with van der Waals surface area (Å²) in [6.45, 7) is 2.94. The van der Waals surface area contributed by atoms with Crippen molar-refractivity contribution in [3.8, 4) is 0 Å². The Morgan fingerprint density at radius 3 is 2.94 bits per heavy atom. The molecule has 2 aromatic rings. The number of fused-ring (bicyclic) bond motifs is 2. The van der Waals surface area contributed by atoms with Gasteiger partial charge in [0.25, 0.3) is 0 Å². The number of hydrogen-bond acceptors (Lipinski definition) is 1. The minimum atomic E-state index is -0.0725. The fourth-order valence-corrected chi connectivity index (χ4v) is 2.89. The molecule has 1 atom stereocenters. The fourth-order valence-electron chi connectivity index (χ4n) is 2.66. The van der Waals surface area contributed by atoms with Gasteiger partial charge in [-0.3, -0.25) is 4.79 Å². The zero-order valence-electron chi connectivity index (χ0n) is 10.2. The smallest absolute Gasteiger partial charge is 0.193 e. The third-order valence-electron chi connectivity index (χ3n) is 3.49. The Morgan fingerprint density at radius 2 is 2.17 bits per heavy atom. The van der Waals surface area contributed by atoms with Crippen LogP contribution in [0.3, 0.4) is 0 Å². The van der Waals surface area contributed by atoms with Gasteiger partial charge in [-0.25, -0.2) is 0 Å². The van der Waals surface area contributed by atoms with Gasteiger partial charge in [0, 0.05) is 23.2 Å². The minimum absolute atomic E-state index is 0.0725. The molecule has 1 aromatic heterocycles. The molecule has 0 saturated carbocycles. The number of allylic oxidation sites excluding steroid dienone is 1. The van der Waals surface area contributed by atoms with E-state index >= 15 is 0 Å². The first-order chi connectivity index (χ1) is 8.72. The SMILES string of the molecule is CCn1c2c(c(=O)c3ccccc31)CC(Cl)C=C2. The molecule has 92 valence electrons. The third kappa shape index (κ3) is 1.60. The summed E-state index contributed by atoms with van der Waals surface area (Å²) in [4.78, 5) is 12.5. The summed E-state index contributed by atoms with van der Waals surface area (Å²) >= 11 is 6.13. The van der Waals surface area contributed by atoms with Gasteiger partial charge in [-0.2, -0.15) is 0 Å². The lowest BCUT2D eigenvalue weighted by Gasteiger charge is -2.21. The maximum absolute atomic E-state index is 12.5. The van der Waals surface area contributed by atoms with Crippen LogP contribution in [0, 0.1) is 0 Å². The molecule has 0 spiro atoms. The molecule has 1 heterocycles. The summed E-state index contributed by atoms with van der Waals surface area (Å²) in [7, 11) is 0. The Bertz CT molecular complexity index is 699. The van der Waals surface area contributed by atoms with Crippen LogP contribution in [-0.4, -0.2) is 9.94 Å². The monoisotopic (exact) mass is 259 g/mol. The normalized spacial score (nSPS) is 18.0. The van der Waals surface area contributed by atoms with Crippen molar-refractivity contribution >= 4 is 28.6 Å². The average Bonchev–Trinajstić information content (AvgIpc) is 2.40. The van der Waals surface area contributed by atoms with E-state index in [-0.39, 0.29) is 10.8 Å². The van der Waals surface area contributed by atoms with E-state index in [1.54, 1.807) is 0 Å². The van der Waals surface area contributed by atoms with E-state index in [1.165, 1.54) is 0 Å².